The van der Waals surface area contributed by atoms with E-state index in [1.165, 1.54) is 31.2 Å². The van der Waals surface area contributed by atoms with Crippen LogP contribution in [0.1, 0.15) is 18.1 Å². The normalized spacial score (nSPS) is 19.2. The zero-order valence-corrected chi connectivity index (χ0v) is 16.4. The van der Waals surface area contributed by atoms with Crippen molar-refractivity contribution < 1.29 is 33.0 Å². The number of aliphatic hydroxyl groups excluding tert-OH is 1. The van der Waals surface area contributed by atoms with E-state index in [-0.39, 0.29) is 18.9 Å². The van der Waals surface area contributed by atoms with E-state index < -0.39 is 30.2 Å². The number of carbonyl (C=O) groups excluding carboxylic acids is 2. The van der Waals surface area contributed by atoms with Gasteiger partial charge in [0, 0.05) is 0 Å². The molecule has 2 aromatic carbocycles. The van der Waals surface area contributed by atoms with Gasteiger partial charge in [-0.2, -0.15) is 14.0 Å². The fraction of sp³-hybridized carbons (Fsp3) is 0.286. The highest BCUT2D eigenvalue weighted by molar-refractivity contribution is 6.07. The number of alkyl halides is 2. The molecule has 8 nitrogen and oxygen atoms in total. The smallest absolute Gasteiger partial charge is 0.387 e. The molecule has 31 heavy (non-hydrogen) atoms. The SMILES string of the molecule is CC1(c2ccc(OC(F)F)cc2)NC(=O)N(CC(O)COc2ccc(C#N)cc2)C1=O. The third-order valence-corrected chi connectivity index (χ3v) is 4.75. The van der Waals surface area contributed by atoms with Crippen molar-refractivity contribution in [2.75, 3.05) is 13.2 Å². The molecule has 3 amide bonds. The number of carbonyl (C=O) groups is 2. The minimum Gasteiger partial charge on any atom is -0.491 e. The van der Waals surface area contributed by atoms with Crippen LogP contribution in [0.2, 0.25) is 0 Å². The van der Waals surface area contributed by atoms with Crippen LogP contribution < -0.4 is 14.8 Å². The molecule has 1 aliphatic heterocycles. The van der Waals surface area contributed by atoms with Crippen LogP contribution in [0.4, 0.5) is 13.6 Å². The van der Waals surface area contributed by atoms with Gasteiger partial charge in [0.25, 0.3) is 5.91 Å². The van der Waals surface area contributed by atoms with Gasteiger partial charge >= 0.3 is 12.6 Å². The van der Waals surface area contributed by atoms with Gasteiger partial charge in [0.2, 0.25) is 0 Å². The summed E-state index contributed by atoms with van der Waals surface area (Å²) in [5.74, 6) is -0.255. The molecule has 1 fully saturated rings. The van der Waals surface area contributed by atoms with E-state index >= 15 is 0 Å². The Morgan fingerprint density at radius 3 is 2.32 bits per heavy atom. The lowest BCUT2D eigenvalue weighted by Gasteiger charge is -2.23. The molecule has 0 aromatic heterocycles. The number of halogens is 2. The molecule has 0 saturated carbocycles. The minimum absolute atomic E-state index is 0.0775. The molecule has 1 aliphatic rings. The third kappa shape index (κ3) is 4.90. The molecule has 0 radical (unpaired) electrons. The first-order valence-corrected chi connectivity index (χ1v) is 9.23. The Kier molecular flexibility index (Phi) is 6.36. The summed E-state index contributed by atoms with van der Waals surface area (Å²) in [4.78, 5) is 26.1. The van der Waals surface area contributed by atoms with Gasteiger partial charge in [0.05, 0.1) is 18.2 Å². The zero-order valence-electron chi connectivity index (χ0n) is 16.4. The second kappa shape index (κ2) is 8.97. The van der Waals surface area contributed by atoms with Gasteiger partial charge in [-0.15, -0.1) is 0 Å². The van der Waals surface area contributed by atoms with Gasteiger partial charge in [0.1, 0.15) is 29.7 Å². The molecule has 10 heteroatoms. The van der Waals surface area contributed by atoms with Gasteiger partial charge in [-0.3, -0.25) is 9.69 Å². The van der Waals surface area contributed by atoms with Crippen molar-refractivity contribution in [3.05, 3.63) is 59.7 Å². The lowest BCUT2D eigenvalue weighted by Crippen LogP contribution is -2.42. The van der Waals surface area contributed by atoms with Crippen LogP contribution in [0, 0.1) is 11.3 Å². The quantitative estimate of drug-likeness (QED) is 0.621. The highest BCUT2D eigenvalue weighted by Gasteiger charge is 2.49. The first-order valence-electron chi connectivity index (χ1n) is 9.23. The van der Waals surface area contributed by atoms with Crippen LogP contribution >= 0.6 is 0 Å². The monoisotopic (exact) mass is 431 g/mol. The van der Waals surface area contributed by atoms with Crippen LogP contribution in [0.5, 0.6) is 11.5 Å². The van der Waals surface area contributed by atoms with Crippen LogP contribution in [0.3, 0.4) is 0 Å². The highest BCUT2D eigenvalue weighted by atomic mass is 19.3. The Morgan fingerprint density at radius 2 is 1.74 bits per heavy atom. The maximum atomic E-state index is 12.9. The number of rotatable bonds is 8. The van der Waals surface area contributed by atoms with E-state index in [1.54, 1.807) is 24.3 Å². The van der Waals surface area contributed by atoms with Crippen molar-refractivity contribution in [3.63, 3.8) is 0 Å². The van der Waals surface area contributed by atoms with E-state index in [1.807, 2.05) is 6.07 Å². The number of ether oxygens (including phenoxy) is 2. The molecule has 2 aromatic rings. The van der Waals surface area contributed by atoms with E-state index in [4.69, 9.17) is 10.00 Å². The van der Waals surface area contributed by atoms with E-state index in [2.05, 4.69) is 10.1 Å². The van der Waals surface area contributed by atoms with Crippen LogP contribution in [-0.4, -0.2) is 47.8 Å². The van der Waals surface area contributed by atoms with Crippen molar-refractivity contribution in [2.45, 2.75) is 25.2 Å². The fourth-order valence-corrected chi connectivity index (χ4v) is 3.11. The second-order valence-corrected chi connectivity index (χ2v) is 6.97. The Bertz CT molecular complexity index is 992. The number of amides is 3. The van der Waals surface area contributed by atoms with E-state index in [9.17, 15) is 23.5 Å². The topological polar surface area (TPSA) is 112 Å². The number of nitriles is 1. The van der Waals surface area contributed by atoms with Crippen LogP contribution in [0.25, 0.3) is 0 Å². The number of imide groups is 1. The molecule has 162 valence electrons. The zero-order chi connectivity index (χ0) is 22.6. The number of aliphatic hydroxyl groups is 1. The molecule has 1 saturated heterocycles. The molecule has 0 bridgehead atoms. The van der Waals surface area contributed by atoms with Crippen molar-refractivity contribution in [1.82, 2.24) is 10.2 Å². The number of hydrogen-bond donors (Lipinski definition) is 2. The number of hydrogen-bond acceptors (Lipinski definition) is 6. The first-order chi connectivity index (χ1) is 14.7. The van der Waals surface area contributed by atoms with Gasteiger partial charge in [0.15, 0.2) is 0 Å². The number of benzene rings is 2. The Hall–Kier alpha value is -3.71. The average Bonchev–Trinajstić information content (AvgIpc) is 2.96. The van der Waals surface area contributed by atoms with Crippen molar-refractivity contribution in [3.8, 4) is 17.6 Å². The lowest BCUT2D eigenvalue weighted by molar-refractivity contribution is -0.132. The maximum Gasteiger partial charge on any atom is 0.387 e. The summed E-state index contributed by atoms with van der Waals surface area (Å²) in [6.45, 7) is -1.98. The number of urea groups is 1. The van der Waals surface area contributed by atoms with Gasteiger partial charge in [-0.25, -0.2) is 4.79 Å². The van der Waals surface area contributed by atoms with Crippen LogP contribution in [-0.2, 0) is 10.3 Å². The molecule has 2 unspecified atom stereocenters. The summed E-state index contributed by atoms with van der Waals surface area (Å²) >= 11 is 0. The number of nitrogens with one attached hydrogen (secondary N) is 1. The third-order valence-electron chi connectivity index (χ3n) is 4.75. The fourth-order valence-electron chi connectivity index (χ4n) is 3.11. The molecule has 1 heterocycles. The first kappa shape index (κ1) is 22.0. The Morgan fingerprint density at radius 1 is 1.13 bits per heavy atom. The average molecular weight is 431 g/mol. The highest BCUT2D eigenvalue weighted by Crippen LogP contribution is 2.30. The summed E-state index contributed by atoms with van der Waals surface area (Å²) in [5.41, 5.74) is -0.590. The maximum absolute atomic E-state index is 12.9. The summed E-state index contributed by atoms with van der Waals surface area (Å²) in [7, 11) is 0. The number of nitrogens with zero attached hydrogens (tertiary/aromatic N) is 2. The van der Waals surface area contributed by atoms with Gasteiger partial charge < -0.3 is 19.9 Å². The summed E-state index contributed by atoms with van der Waals surface area (Å²) in [5, 5.41) is 21.6. The molecule has 0 spiro atoms. The largest absolute Gasteiger partial charge is 0.491 e. The van der Waals surface area contributed by atoms with Gasteiger partial charge in [-0.1, -0.05) is 12.1 Å². The predicted octanol–water partition coefficient (Wildman–Crippen LogP) is 2.37. The van der Waals surface area contributed by atoms with E-state index in [0.717, 1.165) is 4.90 Å². The van der Waals surface area contributed by atoms with Crippen molar-refractivity contribution in [1.29, 1.82) is 5.26 Å². The minimum atomic E-state index is -2.97. The van der Waals surface area contributed by atoms with Crippen LogP contribution in [0.15, 0.2) is 48.5 Å². The molecule has 3 rings (SSSR count). The summed E-state index contributed by atoms with van der Waals surface area (Å²) in [6, 6.07) is 12.9. The van der Waals surface area contributed by atoms with Crippen molar-refractivity contribution in [2.24, 2.45) is 0 Å². The molecule has 2 N–H and O–H groups in total. The number of β-amino-alcohol motifs (C(OH)–C–C–N with tert-alkyl or cyclic N) is 1. The van der Waals surface area contributed by atoms with E-state index in [0.29, 0.717) is 16.9 Å². The standard InChI is InChI=1S/C21H19F2N3O5/c1-21(14-4-8-17(9-5-14)31-19(22)23)18(28)26(20(29)25-21)11-15(27)12-30-16-6-2-13(10-24)3-7-16/h2-9,15,19,27H,11-12H2,1H3,(H,25,29). The Balaban J connectivity index is 1.62. The Labute approximate surface area is 176 Å². The summed E-state index contributed by atoms with van der Waals surface area (Å²) in [6.07, 6.45) is -1.16. The molecule has 0 aliphatic carbocycles. The molecule has 2 atom stereocenters. The van der Waals surface area contributed by atoms with Gasteiger partial charge in [-0.05, 0) is 48.9 Å². The second-order valence-electron chi connectivity index (χ2n) is 6.97. The molecular formula is C21H19F2N3O5. The summed E-state index contributed by atoms with van der Waals surface area (Å²) < 4.78 is 34.3. The predicted molar refractivity (Wildman–Crippen MR) is 103 cm³/mol. The lowest BCUT2D eigenvalue weighted by atomic mass is 9.92. The molecular weight excluding hydrogens is 412 g/mol. The van der Waals surface area contributed by atoms with Crippen molar-refractivity contribution >= 4 is 11.9 Å².